The summed E-state index contributed by atoms with van der Waals surface area (Å²) < 4.78 is 27.0. The van der Waals surface area contributed by atoms with Gasteiger partial charge >= 0.3 is 0 Å². The number of thiocarbonyl (C=S) groups is 1. The van der Waals surface area contributed by atoms with Crippen molar-refractivity contribution in [1.82, 2.24) is 14.1 Å². The number of likely N-dealkylation sites (N-methyl/N-ethyl adjacent to an activating group) is 1. The second-order valence-corrected chi connectivity index (χ2v) is 8.96. The van der Waals surface area contributed by atoms with Gasteiger partial charge < -0.3 is 15.1 Å². The van der Waals surface area contributed by atoms with Crippen LogP contribution in [-0.4, -0.2) is 74.0 Å². The molecule has 0 saturated carbocycles. The molecule has 1 aliphatic heterocycles. The zero-order chi connectivity index (χ0) is 19.3. The Morgan fingerprint density at radius 1 is 1.19 bits per heavy atom. The number of sulfonamides is 1. The maximum Gasteiger partial charge on any atom is 0.243 e. The van der Waals surface area contributed by atoms with E-state index in [1.54, 1.807) is 12.1 Å². The third-order valence-electron chi connectivity index (χ3n) is 4.80. The highest BCUT2D eigenvalue weighted by atomic mass is 32.2. The minimum absolute atomic E-state index is 0.299. The molecule has 2 rings (SSSR count). The Morgan fingerprint density at radius 2 is 1.88 bits per heavy atom. The van der Waals surface area contributed by atoms with Crippen LogP contribution in [0.5, 0.6) is 0 Å². The third-order valence-corrected chi connectivity index (χ3v) is 7.21. The van der Waals surface area contributed by atoms with Crippen LogP contribution in [0.1, 0.15) is 25.8 Å². The van der Waals surface area contributed by atoms with E-state index in [2.05, 4.69) is 22.2 Å². The van der Waals surface area contributed by atoms with Crippen LogP contribution >= 0.6 is 12.2 Å². The molecule has 146 valence electrons. The molecule has 26 heavy (non-hydrogen) atoms. The number of hydrogen-bond donors (Lipinski definition) is 1. The Morgan fingerprint density at radius 3 is 2.54 bits per heavy atom. The van der Waals surface area contributed by atoms with Crippen molar-refractivity contribution < 1.29 is 8.42 Å². The predicted octanol–water partition coefficient (Wildman–Crippen LogP) is 2.36. The van der Waals surface area contributed by atoms with Crippen molar-refractivity contribution in [3.8, 4) is 0 Å². The van der Waals surface area contributed by atoms with E-state index in [0.29, 0.717) is 23.1 Å². The van der Waals surface area contributed by atoms with Gasteiger partial charge in [0, 0.05) is 38.4 Å². The SMILES string of the molecule is CCN(CC)S(=O)(=O)c1ccc(C)c(NC(=S)N2CCCN(C)CC2)c1. The Balaban J connectivity index is 2.21. The molecule has 1 aromatic rings. The Kier molecular flexibility index (Phi) is 7.40. The first-order valence-electron chi connectivity index (χ1n) is 9.14. The predicted molar refractivity (Wildman–Crippen MR) is 111 cm³/mol. The first-order chi connectivity index (χ1) is 12.3. The summed E-state index contributed by atoms with van der Waals surface area (Å²) in [5, 5.41) is 3.92. The van der Waals surface area contributed by atoms with E-state index in [1.807, 2.05) is 26.8 Å². The lowest BCUT2D eigenvalue weighted by atomic mass is 10.2. The van der Waals surface area contributed by atoms with Crippen LogP contribution in [0.4, 0.5) is 5.69 Å². The van der Waals surface area contributed by atoms with Gasteiger partial charge in [-0.15, -0.1) is 0 Å². The van der Waals surface area contributed by atoms with Crippen molar-refractivity contribution >= 4 is 33.0 Å². The summed E-state index contributed by atoms with van der Waals surface area (Å²) in [4.78, 5) is 4.75. The molecule has 1 heterocycles. The van der Waals surface area contributed by atoms with Crippen molar-refractivity contribution in [3.05, 3.63) is 23.8 Å². The topological polar surface area (TPSA) is 55.9 Å². The fourth-order valence-corrected chi connectivity index (χ4v) is 4.83. The Bertz CT molecular complexity index is 733. The van der Waals surface area contributed by atoms with Crippen LogP contribution in [0.25, 0.3) is 0 Å². The molecule has 0 aliphatic carbocycles. The van der Waals surface area contributed by atoms with Gasteiger partial charge in [0.15, 0.2) is 5.11 Å². The van der Waals surface area contributed by atoms with E-state index >= 15 is 0 Å². The maximum absolute atomic E-state index is 12.8. The summed E-state index contributed by atoms with van der Waals surface area (Å²) in [5.74, 6) is 0. The molecule has 0 atom stereocenters. The molecule has 0 unspecified atom stereocenters. The standard InChI is InChI=1S/C18H30N4O2S2/c1-5-22(6-2)26(23,24)16-9-8-15(3)17(14-16)19-18(25)21-11-7-10-20(4)12-13-21/h8-9,14H,5-7,10-13H2,1-4H3,(H,19,25). The molecule has 0 aromatic heterocycles. The van der Waals surface area contributed by atoms with Gasteiger partial charge in [-0.05, 0) is 56.9 Å². The number of anilines is 1. The van der Waals surface area contributed by atoms with E-state index in [4.69, 9.17) is 12.2 Å². The van der Waals surface area contributed by atoms with Crippen molar-refractivity contribution in [2.75, 3.05) is 51.6 Å². The van der Waals surface area contributed by atoms with Crippen LogP contribution in [-0.2, 0) is 10.0 Å². The molecule has 8 heteroatoms. The molecule has 1 fully saturated rings. The molecule has 1 saturated heterocycles. The zero-order valence-electron chi connectivity index (χ0n) is 16.2. The average molecular weight is 399 g/mol. The highest BCUT2D eigenvalue weighted by molar-refractivity contribution is 7.89. The number of aryl methyl sites for hydroxylation is 1. The van der Waals surface area contributed by atoms with E-state index in [9.17, 15) is 8.42 Å². The summed E-state index contributed by atoms with van der Waals surface area (Å²) in [6.45, 7) is 10.4. The van der Waals surface area contributed by atoms with Crippen LogP contribution in [0.2, 0.25) is 0 Å². The molecule has 1 N–H and O–H groups in total. The van der Waals surface area contributed by atoms with Crippen LogP contribution in [0.3, 0.4) is 0 Å². The van der Waals surface area contributed by atoms with Gasteiger partial charge in [-0.3, -0.25) is 0 Å². The molecule has 0 spiro atoms. The van der Waals surface area contributed by atoms with E-state index in [-0.39, 0.29) is 0 Å². The second kappa shape index (κ2) is 9.12. The second-order valence-electron chi connectivity index (χ2n) is 6.64. The van der Waals surface area contributed by atoms with Gasteiger partial charge in [0.25, 0.3) is 0 Å². The molecule has 1 aromatic carbocycles. The highest BCUT2D eigenvalue weighted by Crippen LogP contribution is 2.23. The van der Waals surface area contributed by atoms with Crippen molar-refractivity contribution in [2.24, 2.45) is 0 Å². The van der Waals surface area contributed by atoms with Gasteiger partial charge in [-0.1, -0.05) is 19.9 Å². The molecule has 0 amide bonds. The van der Waals surface area contributed by atoms with Crippen LogP contribution in [0, 0.1) is 6.92 Å². The lowest BCUT2D eigenvalue weighted by Gasteiger charge is -2.25. The van der Waals surface area contributed by atoms with Crippen LogP contribution < -0.4 is 5.32 Å². The van der Waals surface area contributed by atoms with Gasteiger partial charge in [-0.2, -0.15) is 4.31 Å². The largest absolute Gasteiger partial charge is 0.348 e. The summed E-state index contributed by atoms with van der Waals surface area (Å²) in [6.07, 6.45) is 1.06. The number of rotatable bonds is 5. The van der Waals surface area contributed by atoms with Crippen molar-refractivity contribution in [2.45, 2.75) is 32.1 Å². The van der Waals surface area contributed by atoms with Crippen molar-refractivity contribution in [3.63, 3.8) is 0 Å². The van der Waals surface area contributed by atoms with E-state index < -0.39 is 10.0 Å². The lowest BCUT2D eigenvalue weighted by Crippen LogP contribution is -2.37. The van der Waals surface area contributed by atoms with Crippen molar-refractivity contribution in [1.29, 1.82) is 0 Å². The monoisotopic (exact) mass is 398 g/mol. The lowest BCUT2D eigenvalue weighted by molar-refractivity contribution is 0.347. The number of nitrogens with one attached hydrogen (secondary N) is 1. The molecule has 0 radical (unpaired) electrons. The number of nitrogens with zero attached hydrogens (tertiary/aromatic N) is 3. The quantitative estimate of drug-likeness (QED) is 0.769. The van der Waals surface area contributed by atoms with Gasteiger partial charge in [-0.25, -0.2) is 8.42 Å². The minimum atomic E-state index is -3.48. The first kappa shape index (κ1) is 21.1. The fourth-order valence-electron chi connectivity index (χ4n) is 3.05. The summed E-state index contributed by atoms with van der Waals surface area (Å²) in [6, 6.07) is 5.19. The molecular formula is C18H30N4O2S2. The molecule has 0 bridgehead atoms. The molecular weight excluding hydrogens is 368 g/mol. The van der Waals surface area contributed by atoms with E-state index in [1.165, 1.54) is 4.31 Å². The normalized spacial score (nSPS) is 16.6. The van der Waals surface area contributed by atoms with E-state index in [0.717, 1.165) is 43.9 Å². The van der Waals surface area contributed by atoms with Gasteiger partial charge in [0.05, 0.1) is 4.90 Å². The summed E-state index contributed by atoms with van der Waals surface area (Å²) >= 11 is 5.58. The Labute approximate surface area is 163 Å². The van der Waals surface area contributed by atoms with Gasteiger partial charge in [0.2, 0.25) is 10.0 Å². The molecule has 6 nitrogen and oxygen atoms in total. The maximum atomic E-state index is 12.8. The summed E-state index contributed by atoms with van der Waals surface area (Å²) in [5.41, 5.74) is 1.72. The third kappa shape index (κ3) is 4.94. The van der Waals surface area contributed by atoms with Crippen LogP contribution in [0.15, 0.2) is 23.1 Å². The molecule has 1 aliphatic rings. The Hall–Kier alpha value is -1.22. The zero-order valence-corrected chi connectivity index (χ0v) is 17.8. The number of hydrogen-bond acceptors (Lipinski definition) is 4. The first-order valence-corrected chi connectivity index (χ1v) is 11.0. The summed E-state index contributed by atoms with van der Waals surface area (Å²) in [7, 11) is -1.37. The van der Waals surface area contributed by atoms with Gasteiger partial charge in [0.1, 0.15) is 0 Å². The smallest absolute Gasteiger partial charge is 0.243 e. The average Bonchev–Trinajstić information content (AvgIpc) is 2.82. The number of benzene rings is 1. The highest BCUT2D eigenvalue weighted by Gasteiger charge is 2.23. The minimum Gasteiger partial charge on any atom is -0.348 e. The fraction of sp³-hybridized carbons (Fsp3) is 0.611.